The minimum atomic E-state index is -4.31. The molecule has 0 radical (unpaired) electrons. The number of ether oxygens (including phenoxy) is 2. The van der Waals surface area contributed by atoms with Crippen molar-refractivity contribution in [3.63, 3.8) is 0 Å². The zero-order chi connectivity index (χ0) is 36.0. The zero-order valence-electron chi connectivity index (χ0n) is 29.0. The third-order valence-electron chi connectivity index (χ3n) is 8.61. The second-order valence-corrected chi connectivity index (χ2v) is 14.6. The van der Waals surface area contributed by atoms with Crippen molar-refractivity contribution in [1.29, 1.82) is 0 Å². The minimum absolute atomic E-state index is 0.0610. The maximum atomic E-state index is 14.2. The first-order valence-corrected chi connectivity index (χ1v) is 18.1. The largest absolute Gasteiger partial charge is 0.467 e. The Labute approximate surface area is 290 Å². The number of carbonyl (C=O) groups is 3. The lowest BCUT2D eigenvalue weighted by Gasteiger charge is -2.33. The average molecular weight is 695 g/mol. The van der Waals surface area contributed by atoms with Crippen LogP contribution in [0.4, 0.5) is 10.5 Å². The van der Waals surface area contributed by atoms with Crippen LogP contribution < -0.4 is 21.7 Å². The normalized spacial score (nSPS) is 14.0. The topological polar surface area (TPSA) is 166 Å². The van der Waals surface area contributed by atoms with Crippen LogP contribution in [0.5, 0.6) is 0 Å². The van der Waals surface area contributed by atoms with Crippen molar-refractivity contribution >= 4 is 33.5 Å². The predicted octanol–water partition coefficient (Wildman–Crippen LogP) is 5.17. The fourth-order valence-corrected chi connectivity index (χ4v) is 7.73. The number of methoxy groups -OCH3 is 2. The van der Waals surface area contributed by atoms with E-state index in [-0.39, 0.29) is 30.2 Å². The Morgan fingerprint density at radius 2 is 1.39 bits per heavy atom. The standard InChI is InChI=1S/C37H50N4O7S/c1-6-30(40-34(42)33(41-36(44)48-5)32(27-14-9-7-10-15-27)28-16-11-8-12-17-28)18-13-24-37(35(43)47-4,39-25-23-26(2)3)49(45,46)31-21-19-29(38)20-22-31/h7-12,14-17,19-22,26,30,32-33,39H,6,13,18,23-25,38H2,1-5H3,(H,40,42)(H,41,44)/t30-,33-,37-/m0/s1. The molecule has 3 aromatic rings. The molecule has 0 saturated heterocycles. The number of nitrogens with one attached hydrogen (secondary N) is 3. The van der Waals surface area contributed by atoms with Gasteiger partial charge in [0.2, 0.25) is 20.6 Å². The van der Waals surface area contributed by atoms with Crippen LogP contribution >= 0.6 is 0 Å². The Morgan fingerprint density at radius 3 is 1.88 bits per heavy atom. The van der Waals surface area contributed by atoms with Gasteiger partial charge in [0, 0.05) is 17.6 Å². The number of nitrogen functional groups attached to an aromatic ring is 1. The summed E-state index contributed by atoms with van der Waals surface area (Å²) < 4.78 is 38.4. The molecule has 11 nitrogen and oxygen atoms in total. The van der Waals surface area contributed by atoms with Gasteiger partial charge in [-0.2, -0.15) is 0 Å². The number of rotatable bonds is 18. The molecule has 0 heterocycles. The molecular weight excluding hydrogens is 644 g/mol. The van der Waals surface area contributed by atoms with Crippen molar-refractivity contribution < 1.29 is 32.3 Å². The van der Waals surface area contributed by atoms with Crippen molar-refractivity contribution in [3.05, 3.63) is 96.1 Å². The number of carbonyl (C=O) groups excluding carboxylic acids is 3. The summed E-state index contributed by atoms with van der Waals surface area (Å²) in [5.74, 6) is -1.63. The van der Waals surface area contributed by atoms with Gasteiger partial charge in [-0.25, -0.2) is 18.0 Å². The Kier molecular flexibility index (Phi) is 14.6. The molecule has 0 saturated carbocycles. The van der Waals surface area contributed by atoms with Crippen LogP contribution in [0.1, 0.15) is 69.9 Å². The average Bonchev–Trinajstić information content (AvgIpc) is 3.10. The Morgan fingerprint density at radius 1 is 0.816 bits per heavy atom. The second-order valence-electron chi connectivity index (χ2n) is 12.4. The van der Waals surface area contributed by atoms with Crippen LogP contribution in [0, 0.1) is 5.92 Å². The first-order valence-electron chi connectivity index (χ1n) is 16.6. The predicted molar refractivity (Wildman–Crippen MR) is 190 cm³/mol. The maximum absolute atomic E-state index is 14.2. The van der Waals surface area contributed by atoms with E-state index in [2.05, 4.69) is 16.0 Å². The maximum Gasteiger partial charge on any atom is 0.407 e. The number of amides is 2. The van der Waals surface area contributed by atoms with Gasteiger partial charge in [-0.1, -0.05) is 81.4 Å². The summed E-state index contributed by atoms with van der Waals surface area (Å²) in [7, 11) is -1.91. The SMILES string of the molecule is CC[C@@H](CCC[C@@](NCCC(C)C)(C(=O)OC)S(=O)(=O)c1ccc(N)cc1)NC(=O)[C@@H](NC(=O)OC)C(c1ccccc1)c1ccccc1. The number of sulfone groups is 1. The number of alkyl carbamates (subject to hydrolysis) is 1. The van der Waals surface area contributed by atoms with Crippen molar-refractivity contribution in [3.8, 4) is 0 Å². The summed E-state index contributed by atoms with van der Waals surface area (Å²) in [5, 5.41) is 8.87. The van der Waals surface area contributed by atoms with Crippen LogP contribution in [0.25, 0.3) is 0 Å². The smallest absolute Gasteiger partial charge is 0.407 e. The Balaban J connectivity index is 1.91. The lowest BCUT2D eigenvalue weighted by molar-refractivity contribution is -0.145. The van der Waals surface area contributed by atoms with E-state index in [1.165, 1.54) is 38.5 Å². The monoisotopic (exact) mass is 694 g/mol. The molecule has 49 heavy (non-hydrogen) atoms. The van der Waals surface area contributed by atoms with Gasteiger partial charge < -0.3 is 25.8 Å². The molecule has 0 aromatic heterocycles. The summed E-state index contributed by atoms with van der Waals surface area (Å²) in [5.41, 5.74) is 7.85. The minimum Gasteiger partial charge on any atom is -0.467 e. The highest BCUT2D eigenvalue weighted by Gasteiger charge is 2.52. The van der Waals surface area contributed by atoms with E-state index in [1.54, 1.807) is 0 Å². The summed E-state index contributed by atoms with van der Waals surface area (Å²) in [6.45, 7) is 6.18. The summed E-state index contributed by atoms with van der Waals surface area (Å²) in [6, 6.07) is 23.1. The number of hydrogen-bond acceptors (Lipinski definition) is 9. The van der Waals surface area contributed by atoms with Crippen molar-refractivity contribution in [1.82, 2.24) is 16.0 Å². The van der Waals surface area contributed by atoms with E-state index >= 15 is 0 Å². The molecule has 12 heteroatoms. The summed E-state index contributed by atoms with van der Waals surface area (Å²) in [4.78, 5) is 38.0. The highest BCUT2D eigenvalue weighted by molar-refractivity contribution is 7.93. The molecule has 0 unspecified atom stereocenters. The number of esters is 1. The first kappa shape index (κ1) is 39.0. The first-order chi connectivity index (χ1) is 23.4. The highest BCUT2D eigenvalue weighted by Crippen LogP contribution is 2.32. The number of benzene rings is 3. The van der Waals surface area contributed by atoms with Gasteiger partial charge in [-0.3, -0.25) is 10.1 Å². The van der Waals surface area contributed by atoms with Gasteiger partial charge in [0.15, 0.2) is 0 Å². The fourth-order valence-electron chi connectivity index (χ4n) is 5.83. The number of hydrogen-bond donors (Lipinski definition) is 4. The fraction of sp³-hybridized carbons (Fsp3) is 0.432. The van der Waals surface area contributed by atoms with Crippen LogP contribution in [-0.4, -0.2) is 64.1 Å². The van der Waals surface area contributed by atoms with Crippen molar-refractivity contribution in [2.45, 2.75) is 80.6 Å². The second kappa shape index (κ2) is 18.4. The third-order valence-corrected chi connectivity index (χ3v) is 10.9. The summed E-state index contributed by atoms with van der Waals surface area (Å²) in [6.07, 6.45) is 0.852. The van der Waals surface area contributed by atoms with Gasteiger partial charge in [0.25, 0.3) is 0 Å². The van der Waals surface area contributed by atoms with E-state index in [9.17, 15) is 22.8 Å². The summed E-state index contributed by atoms with van der Waals surface area (Å²) >= 11 is 0. The molecule has 0 bridgehead atoms. The number of anilines is 1. The van der Waals surface area contributed by atoms with Crippen LogP contribution in [0.2, 0.25) is 0 Å². The van der Waals surface area contributed by atoms with E-state index in [4.69, 9.17) is 15.2 Å². The Hall–Kier alpha value is -4.42. The molecule has 2 amide bonds. The van der Waals surface area contributed by atoms with Crippen LogP contribution in [0.15, 0.2) is 89.8 Å². The van der Waals surface area contributed by atoms with E-state index < -0.39 is 50.7 Å². The lowest BCUT2D eigenvalue weighted by atomic mass is 9.84. The van der Waals surface area contributed by atoms with Gasteiger partial charge in [0.05, 0.1) is 19.1 Å². The third kappa shape index (κ3) is 10.1. The molecule has 0 spiro atoms. The molecular formula is C37H50N4O7S. The number of nitrogens with two attached hydrogens (primary N) is 1. The van der Waals surface area contributed by atoms with Crippen LogP contribution in [0.3, 0.4) is 0 Å². The molecule has 3 aromatic carbocycles. The molecule has 0 aliphatic carbocycles. The Bertz CT molecular complexity index is 1560. The van der Waals surface area contributed by atoms with Crippen molar-refractivity contribution in [2.75, 3.05) is 26.5 Å². The van der Waals surface area contributed by atoms with Crippen molar-refractivity contribution in [2.24, 2.45) is 5.92 Å². The van der Waals surface area contributed by atoms with E-state index in [0.717, 1.165) is 11.1 Å². The quantitative estimate of drug-likeness (QED) is 0.104. The van der Waals surface area contributed by atoms with E-state index in [1.807, 2.05) is 81.4 Å². The lowest BCUT2D eigenvalue weighted by Crippen LogP contribution is -2.59. The molecule has 5 N–H and O–H groups in total. The molecule has 0 aliphatic rings. The molecule has 3 rings (SSSR count). The van der Waals surface area contributed by atoms with Gasteiger partial charge >= 0.3 is 12.1 Å². The molecule has 266 valence electrons. The van der Waals surface area contributed by atoms with E-state index in [0.29, 0.717) is 24.9 Å². The highest BCUT2D eigenvalue weighted by atomic mass is 32.2. The zero-order valence-corrected chi connectivity index (χ0v) is 29.8. The van der Waals surface area contributed by atoms with Gasteiger partial charge in [-0.05, 0) is 80.0 Å². The molecule has 0 fully saturated rings. The molecule has 0 aliphatic heterocycles. The van der Waals surface area contributed by atoms with Crippen LogP contribution in [-0.2, 0) is 28.9 Å². The van der Waals surface area contributed by atoms with Gasteiger partial charge in [-0.15, -0.1) is 0 Å². The molecule has 3 atom stereocenters. The van der Waals surface area contributed by atoms with Gasteiger partial charge in [0.1, 0.15) is 6.04 Å².